The predicted octanol–water partition coefficient (Wildman–Crippen LogP) is 1.35. The molecule has 9 nitrogen and oxygen atoms in total. The Hall–Kier alpha value is -3.33. The summed E-state index contributed by atoms with van der Waals surface area (Å²) >= 11 is 0. The minimum Gasteiger partial charge on any atom is -0.474 e. The van der Waals surface area contributed by atoms with Gasteiger partial charge in [0.25, 0.3) is 11.8 Å². The third-order valence-corrected chi connectivity index (χ3v) is 3.10. The van der Waals surface area contributed by atoms with Crippen LogP contribution in [0.2, 0.25) is 0 Å². The fourth-order valence-electron chi connectivity index (χ4n) is 1.99. The van der Waals surface area contributed by atoms with Gasteiger partial charge >= 0.3 is 5.91 Å². The van der Waals surface area contributed by atoms with Gasteiger partial charge in [0, 0.05) is 5.39 Å². The van der Waals surface area contributed by atoms with Crippen LogP contribution in [0.4, 0.5) is 0 Å². The van der Waals surface area contributed by atoms with E-state index in [0.717, 1.165) is 5.39 Å². The third kappa shape index (κ3) is 3.36. The van der Waals surface area contributed by atoms with E-state index in [0.29, 0.717) is 5.58 Å². The number of aromatic nitrogens is 1. The van der Waals surface area contributed by atoms with Gasteiger partial charge in [-0.05, 0) is 17.3 Å². The maximum atomic E-state index is 12.0. The van der Waals surface area contributed by atoms with Gasteiger partial charge in [-0.2, -0.15) is 0 Å². The number of furan rings is 1. The van der Waals surface area contributed by atoms with Gasteiger partial charge in [0.2, 0.25) is 5.76 Å². The number of hydrogen-bond acceptors (Lipinski definition) is 7. The highest BCUT2D eigenvalue weighted by Gasteiger charge is 2.14. The van der Waals surface area contributed by atoms with E-state index < -0.39 is 5.91 Å². The molecule has 3 rings (SSSR count). The number of fused-ring (bicyclic) bond motifs is 1. The van der Waals surface area contributed by atoms with E-state index in [1.54, 1.807) is 12.1 Å². The van der Waals surface area contributed by atoms with Gasteiger partial charge in [0.1, 0.15) is 12.2 Å². The van der Waals surface area contributed by atoms with Crippen LogP contribution in [-0.2, 0) is 0 Å². The first-order valence-electron chi connectivity index (χ1n) is 6.98. The lowest BCUT2D eigenvalue weighted by Gasteiger charge is -2.03. The van der Waals surface area contributed by atoms with Gasteiger partial charge in [-0.25, -0.2) is 5.48 Å². The molecule has 0 unspecified atom stereocenters. The predicted molar refractivity (Wildman–Crippen MR) is 79.8 cm³/mol. The molecule has 1 aromatic carbocycles. The van der Waals surface area contributed by atoms with Crippen LogP contribution < -0.4 is 15.5 Å². The van der Waals surface area contributed by atoms with Crippen molar-refractivity contribution in [3.63, 3.8) is 0 Å². The summed E-state index contributed by atoms with van der Waals surface area (Å²) in [6, 6.07) is 10.2. The summed E-state index contributed by atoms with van der Waals surface area (Å²) in [4.78, 5) is 23.0. The van der Waals surface area contributed by atoms with Crippen LogP contribution in [-0.4, -0.2) is 35.3 Å². The molecule has 0 aliphatic heterocycles. The topological polar surface area (TPSA) is 127 Å². The van der Waals surface area contributed by atoms with E-state index in [-0.39, 0.29) is 36.5 Å². The Balaban J connectivity index is 1.48. The number of hydrogen-bond donors (Lipinski definition) is 3. The Morgan fingerprint density at radius 2 is 2.00 bits per heavy atom. The summed E-state index contributed by atoms with van der Waals surface area (Å²) in [7, 11) is 0. The van der Waals surface area contributed by atoms with Crippen molar-refractivity contribution in [2.75, 3.05) is 13.2 Å². The number of nitrogens with one attached hydrogen (secondary N) is 2. The minimum atomic E-state index is -0.837. The summed E-state index contributed by atoms with van der Waals surface area (Å²) in [5, 5.41) is 15.4. The van der Waals surface area contributed by atoms with Crippen LogP contribution in [0.15, 0.2) is 45.3 Å². The van der Waals surface area contributed by atoms with Gasteiger partial charge in [-0.15, -0.1) is 0 Å². The van der Waals surface area contributed by atoms with Crippen molar-refractivity contribution in [3.8, 4) is 5.88 Å². The van der Waals surface area contributed by atoms with E-state index in [1.165, 1.54) is 11.5 Å². The van der Waals surface area contributed by atoms with Crippen LogP contribution in [0.3, 0.4) is 0 Å². The van der Waals surface area contributed by atoms with Gasteiger partial charge in [-0.3, -0.25) is 14.8 Å². The Morgan fingerprint density at radius 1 is 1.17 bits per heavy atom. The number of carbonyl (C=O) groups is 2. The molecule has 0 atom stereocenters. The molecule has 0 aliphatic rings. The third-order valence-electron chi connectivity index (χ3n) is 3.10. The molecule has 3 aromatic rings. The first kappa shape index (κ1) is 15.6. The average Bonchev–Trinajstić information content (AvgIpc) is 3.24. The molecule has 2 amide bonds. The van der Waals surface area contributed by atoms with Gasteiger partial charge in [0.05, 0.1) is 12.6 Å². The summed E-state index contributed by atoms with van der Waals surface area (Å²) in [6.07, 6.45) is 0. The molecule has 0 aliphatic carbocycles. The lowest BCUT2D eigenvalue weighted by Crippen LogP contribution is -2.27. The SMILES string of the molecule is O=C(NO)c1cc(OCCNC(=O)c2cc3ccccc3o2)no1. The van der Waals surface area contributed by atoms with Gasteiger partial charge in [0.15, 0.2) is 5.76 Å². The normalized spacial score (nSPS) is 10.5. The molecule has 2 heterocycles. The molecule has 0 spiro atoms. The summed E-state index contributed by atoms with van der Waals surface area (Å²) < 4.78 is 15.3. The highest BCUT2D eigenvalue weighted by molar-refractivity contribution is 5.96. The zero-order valence-corrected chi connectivity index (χ0v) is 12.3. The second kappa shape index (κ2) is 6.84. The molecule has 9 heteroatoms. The van der Waals surface area contributed by atoms with E-state index in [1.807, 2.05) is 18.2 Å². The summed E-state index contributed by atoms with van der Waals surface area (Å²) in [6.45, 7) is 0.308. The van der Waals surface area contributed by atoms with Gasteiger partial charge < -0.3 is 19.0 Å². The molecule has 0 saturated carbocycles. The van der Waals surface area contributed by atoms with Crippen LogP contribution in [0.5, 0.6) is 5.88 Å². The molecule has 2 aromatic heterocycles. The number of rotatable bonds is 6. The Morgan fingerprint density at radius 3 is 2.79 bits per heavy atom. The minimum absolute atomic E-state index is 0.0617. The van der Waals surface area contributed by atoms with E-state index in [2.05, 4.69) is 15.0 Å². The second-order valence-corrected chi connectivity index (χ2v) is 4.72. The summed E-state index contributed by atoms with van der Waals surface area (Å²) in [5.41, 5.74) is 2.05. The Bertz CT molecular complexity index is 836. The standard InChI is InChI=1S/C15H13N3O6/c19-14(11-7-9-3-1-2-4-10(9)23-11)16-5-6-22-13-8-12(24-18-13)15(20)17-21/h1-4,7-8,21H,5-6H2,(H,16,19)(H,17,20). The number of carbonyl (C=O) groups excluding carboxylic acids is 2. The van der Waals surface area contributed by atoms with Crippen molar-refractivity contribution >= 4 is 22.8 Å². The highest BCUT2D eigenvalue weighted by Crippen LogP contribution is 2.18. The largest absolute Gasteiger partial charge is 0.474 e. The molecule has 24 heavy (non-hydrogen) atoms. The van der Waals surface area contributed by atoms with Crippen LogP contribution >= 0.6 is 0 Å². The number of para-hydroxylation sites is 1. The van der Waals surface area contributed by atoms with Crippen molar-refractivity contribution in [2.45, 2.75) is 0 Å². The average molecular weight is 331 g/mol. The fraction of sp³-hybridized carbons (Fsp3) is 0.133. The van der Waals surface area contributed by atoms with Crippen molar-refractivity contribution < 1.29 is 28.5 Å². The first-order valence-corrected chi connectivity index (χ1v) is 6.98. The first-order chi connectivity index (χ1) is 11.7. The van der Waals surface area contributed by atoms with Crippen LogP contribution in [0, 0.1) is 0 Å². The monoisotopic (exact) mass is 331 g/mol. The van der Waals surface area contributed by atoms with Gasteiger partial charge in [-0.1, -0.05) is 18.2 Å². The summed E-state index contributed by atoms with van der Waals surface area (Å²) in [5.74, 6) is -1.13. The number of ether oxygens (including phenoxy) is 1. The van der Waals surface area contributed by atoms with Crippen molar-refractivity contribution in [1.82, 2.24) is 16.0 Å². The van der Waals surface area contributed by atoms with Crippen LogP contribution in [0.1, 0.15) is 21.1 Å². The van der Waals surface area contributed by atoms with E-state index in [9.17, 15) is 9.59 Å². The molecular formula is C15H13N3O6. The number of hydroxylamine groups is 1. The number of nitrogens with zero attached hydrogens (tertiary/aromatic N) is 1. The van der Waals surface area contributed by atoms with Crippen molar-refractivity contribution in [3.05, 3.63) is 47.9 Å². The van der Waals surface area contributed by atoms with Crippen LogP contribution in [0.25, 0.3) is 11.0 Å². The molecule has 0 bridgehead atoms. The molecule has 3 N–H and O–H groups in total. The van der Waals surface area contributed by atoms with E-state index >= 15 is 0 Å². The molecule has 0 radical (unpaired) electrons. The molecule has 0 fully saturated rings. The Labute approximate surface area is 135 Å². The number of benzene rings is 1. The zero-order valence-electron chi connectivity index (χ0n) is 12.3. The lowest BCUT2D eigenvalue weighted by atomic mass is 10.2. The lowest BCUT2D eigenvalue weighted by molar-refractivity contribution is 0.0666. The molecular weight excluding hydrogens is 318 g/mol. The highest BCUT2D eigenvalue weighted by atomic mass is 16.5. The smallest absolute Gasteiger partial charge is 0.313 e. The Kier molecular flexibility index (Phi) is 4.43. The zero-order chi connectivity index (χ0) is 16.9. The van der Waals surface area contributed by atoms with Crippen molar-refractivity contribution in [1.29, 1.82) is 0 Å². The van der Waals surface area contributed by atoms with E-state index in [4.69, 9.17) is 14.4 Å². The quantitative estimate of drug-likeness (QED) is 0.353. The molecule has 0 saturated heterocycles. The van der Waals surface area contributed by atoms with Crippen molar-refractivity contribution in [2.24, 2.45) is 0 Å². The number of amides is 2. The molecule has 124 valence electrons. The maximum Gasteiger partial charge on any atom is 0.313 e. The maximum absolute atomic E-state index is 12.0. The fourth-order valence-corrected chi connectivity index (χ4v) is 1.99. The second-order valence-electron chi connectivity index (χ2n) is 4.72.